The fourth-order valence-corrected chi connectivity index (χ4v) is 5.26. The molecule has 0 radical (unpaired) electrons. The molecule has 5 aromatic rings. The van der Waals surface area contributed by atoms with Crippen molar-refractivity contribution in [1.82, 2.24) is 4.98 Å². The molecular formula is C28H25NS. The van der Waals surface area contributed by atoms with Gasteiger partial charge in [0.1, 0.15) is 0 Å². The molecule has 0 fully saturated rings. The predicted octanol–water partition coefficient (Wildman–Crippen LogP) is 8.39. The van der Waals surface area contributed by atoms with Crippen LogP contribution in [0.15, 0.2) is 79.0 Å². The smallest absolute Gasteiger partial charge is 0.0705 e. The third-order valence-corrected chi connectivity index (χ3v) is 7.13. The topological polar surface area (TPSA) is 12.9 Å². The molecule has 0 saturated heterocycles. The third kappa shape index (κ3) is 3.22. The van der Waals surface area contributed by atoms with E-state index < -0.39 is 0 Å². The summed E-state index contributed by atoms with van der Waals surface area (Å²) in [5, 5.41) is 2.67. The van der Waals surface area contributed by atoms with Crippen molar-refractivity contribution in [2.45, 2.75) is 33.1 Å². The zero-order chi connectivity index (χ0) is 20.9. The van der Waals surface area contributed by atoms with Crippen molar-refractivity contribution in [1.29, 1.82) is 0 Å². The Labute approximate surface area is 182 Å². The highest BCUT2D eigenvalue weighted by molar-refractivity contribution is 7.26. The molecule has 0 N–H and O–H groups in total. The van der Waals surface area contributed by atoms with E-state index in [2.05, 4.69) is 100 Å². The van der Waals surface area contributed by atoms with Crippen LogP contribution in [0.1, 0.15) is 31.9 Å². The first-order valence-corrected chi connectivity index (χ1v) is 11.2. The van der Waals surface area contributed by atoms with Crippen molar-refractivity contribution in [3.8, 4) is 22.4 Å². The average molecular weight is 408 g/mol. The molecule has 0 atom stereocenters. The number of fused-ring (bicyclic) bond motifs is 3. The first-order valence-electron chi connectivity index (χ1n) is 10.4. The molecule has 2 heteroatoms. The fourth-order valence-electron chi connectivity index (χ4n) is 4.08. The summed E-state index contributed by atoms with van der Waals surface area (Å²) >= 11 is 1.89. The van der Waals surface area contributed by atoms with Gasteiger partial charge in [0.05, 0.1) is 5.69 Å². The minimum absolute atomic E-state index is 0.106. The molecule has 1 nitrogen and oxygen atoms in total. The largest absolute Gasteiger partial charge is 0.256 e. The first-order chi connectivity index (χ1) is 14.4. The summed E-state index contributed by atoms with van der Waals surface area (Å²) < 4.78 is 2.70. The van der Waals surface area contributed by atoms with Crippen molar-refractivity contribution in [2.75, 3.05) is 0 Å². The molecule has 3 aromatic carbocycles. The Morgan fingerprint density at radius 1 is 0.800 bits per heavy atom. The highest BCUT2D eigenvalue weighted by Crippen LogP contribution is 2.42. The van der Waals surface area contributed by atoms with Crippen LogP contribution in [0.5, 0.6) is 0 Å². The van der Waals surface area contributed by atoms with Gasteiger partial charge in [-0.3, -0.25) is 4.98 Å². The molecule has 0 aliphatic carbocycles. The number of aryl methyl sites for hydroxylation is 1. The van der Waals surface area contributed by atoms with Gasteiger partial charge in [0.25, 0.3) is 0 Å². The Bertz CT molecular complexity index is 1370. The average Bonchev–Trinajstić information content (AvgIpc) is 3.14. The summed E-state index contributed by atoms with van der Waals surface area (Å²) in [4.78, 5) is 4.70. The summed E-state index contributed by atoms with van der Waals surface area (Å²) in [6.07, 6.45) is 1.94. The van der Waals surface area contributed by atoms with Gasteiger partial charge in [0, 0.05) is 31.9 Å². The van der Waals surface area contributed by atoms with E-state index in [9.17, 15) is 0 Å². The Kier molecular flexibility index (Phi) is 4.48. The Balaban J connectivity index is 1.77. The maximum atomic E-state index is 4.70. The Hall–Kier alpha value is -2.97. The number of benzene rings is 3. The second-order valence-electron chi connectivity index (χ2n) is 8.99. The molecule has 0 amide bonds. The van der Waals surface area contributed by atoms with Crippen LogP contribution in [0.2, 0.25) is 0 Å². The molecule has 0 aliphatic heterocycles. The summed E-state index contributed by atoms with van der Waals surface area (Å²) in [6.45, 7) is 8.95. The second-order valence-corrected chi connectivity index (χ2v) is 10.0. The molecule has 0 saturated carbocycles. The molecule has 5 rings (SSSR count). The van der Waals surface area contributed by atoms with E-state index in [4.69, 9.17) is 4.98 Å². The monoisotopic (exact) mass is 407 g/mol. The number of hydrogen-bond donors (Lipinski definition) is 0. The minimum atomic E-state index is 0.106. The lowest BCUT2D eigenvalue weighted by atomic mass is 9.87. The van der Waals surface area contributed by atoms with Gasteiger partial charge in [-0.25, -0.2) is 0 Å². The van der Waals surface area contributed by atoms with E-state index in [1.807, 2.05) is 17.5 Å². The van der Waals surface area contributed by atoms with Gasteiger partial charge < -0.3 is 0 Å². The normalized spacial score (nSPS) is 12.0. The van der Waals surface area contributed by atoms with Crippen molar-refractivity contribution in [3.05, 3.63) is 90.1 Å². The molecule has 0 bridgehead atoms. The van der Waals surface area contributed by atoms with Gasteiger partial charge >= 0.3 is 0 Å². The summed E-state index contributed by atoms with van der Waals surface area (Å²) in [7, 11) is 0. The van der Waals surface area contributed by atoms with Crippen LogP contribution in [-0.2, 0) is 5.41 Å². The van der Waals surface area contributed by atoms with Gasteiger partial charge in [0.15, 0.2) is 0 Å². The van der Waals surface area contributed by atoms with Crippen LogP contribution in [0, 0.1) is 6.92 Å². The van der Waals surface area contributed by atoms with Crippen LogP contribution in [0.4, 0.5) is 0 Å². The molecule has 30 heavy (non-hydrogen) atoms. The molecule has 148 valence electrons. The lowest BCUT2D eigenvalue weighted by Gasteiger charge is -2.19. The molecule has 2 heterocycles. The number of rotatable bonds is 2. The first kappa shape index (κ1) is 19.0. The third-order valence-electron chi connectivity index (χ3n) is 5.82. The fraction of sp³-hybridized carbons (Fsp3) is 0.179. The highest BCUT2D eigenvalue weighted by atomic mass is 32.1. The van der Waals surface area contributed by atoms with Crippen molar-refractivity contribution in [3.63, 3.8) is 0 Å². The van der Waals surface area contributed by atoms with Gasteiger partial charge in [-0.2, -0.15) is 0 Å². The van der Waals surface area contributed by atoms with E-state index in [1.165, 1.54) is 48.0 Å². The van der Waals surface area contributed by atoms with Crippen LogP contribution < -0.4 is 0 Å². The maximum absolute atomic E-state index is 4.70. The van der Waals surface area contributed by atoms with E-state index >= 15 is 0 Å². The molecule has 0 spiro atoms. The number of pyridine rings is 1. The van der Waals surface area contributed by atoms with Gasteiger partial charge in [-0.1, -0.05) is 69.3 Å². The number of thiophene rings is 1. The minimum Gasteiger partial charge on any atom is -0.256 e. The van der Waals surface area contributed by atoms with Crippen molar-refractivity contribution >= 4 is 31.5 Å². The van der Waals surface area contributed by atoms with Crippen molar-refractivity contribution in [2.24, 2.45) is 0 Å². The summed E-state index contributed by atoms with van der Waals surface area (Å²) in [5.41, 5.74) is 7.53. The predicted molar refractivity (Wildman–Crippen MR) is 131 cm³/mol. The van der Waals surface area contributed by atoms with Crippen LogP contribution in [-0.4, -0.2) is 4.98 Å². The number of hydrogen-bond acceptors (Lipinski definition) is 2. The lowest BCUT2D eigenvalue weighted by Crippen LogP contribution is -2.11. The zero-order valence-electron chi connectivity index (χ0n) is 17.9. The highest BCUT2D eigenvalue weighted by Gasteiger charge is 2.16. The maximum Gasteiger partial charge on any atom is 0.0705 e. The molecule has 2 aromatic heterocycles. The standard InChI is InChI=1S/C28H25NS/c1-18-10-12-22(19-8-6-5-7-9-19)26-23-16-20(11-13-25(23)30-27(18)26)24-17-21(14-15-29-24)28(2,3)4/h5-17H,1-4H3. The second kappa shape index (κ2) is 7.07. The van der Waals surface area contributed by atoms with Crippen LogP contribution >= 0.6 is 11.3 Å². The summed E-state index contributed by atoms with van der Waals surface area (Å²) in [6, 6.07) is 26.4. The Morgan fingerprint density at radius 2 is 1.60 bits per heavy atom. The SMILES string of the molecule is Cc1ccc(-c2ccccc2)c2c1sc1ccc(-c3cc(C(C)(C)C)ccn3)cc12. The van der Waals surface area contributed by atoms with Gasteiger partial charge in [-0.05, 0) is 58.9 Å². The lowest BCUT2D eigenvalue weighted by molar-refractivity contribution is 0.589. The quantitative estimate of drug-likeness (QED) is 0.286. The van der Waals surface area contributed by atoms with E-state index in [-0.39, 0.29) is 5.41 Å². The van der Waals surface area contributed by atoms with Crippen LogP contribution in [0.25, 0.3) is 42.6 Å². The zero-order valence-corrected chi connectivity index (χ0v) is 18.7. The van der Waals surface area contributed by atoms with Crippen molar-refractivity contribution < 1.29 is 0 Å². The molecular weight excluding hydrogens is 382 g/mol. The number of nitrogens with zero attached hydrogens (tertiary/aromatic N) is 1. The number of aromatic nitrogens is 1. The van der Waals surface area contributed by atoms with E-state index in [0.29, 0.717) is 0 Å². The molecule has 0 unspecified atom stereocenters. The van der Waals surface area contributed by atoms with Gasteiger partial charge in [0.2, 0.25) is 0 Å². The molecule has 0 aliphatic rings. The van der Waals surface area contributed by atoms with E-state index in [0.717, 1.165) is 5.69 Å². The van der Waals surface area contributed by atoms with Gasteiger partial charge in [-0.15, -0.1) is 11.3 Å². The summed E-state index contributed by atoms with van der Waals surface area (Å²) in [5.74, 6) is 0. The van der Waals surface area contributed by atoms with Crippen LogP contribution in [0.3, 0.4) is 0 Å². The Morgan fingerprint density at radius 3 is 2.37 bits per heavy atom. The van der Waals surface area contributed by atoms with E-state index in [1.54, 1.807) is 0 Å².